The number of alkyl halides is 3. The molecule has 0 aliphatic carbocycles. The SMILES string of the molecule is COCCN1CCC(C(=O)N2CC(C3OCCn4c3cc3c(N[C@H](C)c5cc(N)cc(C(F)(F)F)c5)nc(C)nc34)C2)CC1. The maximum atomic E-state index is 13.4. The lowest BCUT2D eigenvalue weighted by Crippen LogP contribution is -2.55. The van der Waals surface area contributed by atoms with Crippen molar-refractivity contribution in [3.63, 3.8) is 0 Å². The van der Waals surface area contributed by atoms with Crippen LogP contribution in [0, 0.1) is 18.8 Å². The van der Waals surface area contributed by atoms with Gasteiger partial charge in [-0.1, -0.05) is 0 Å². The average molecular weight is 616 g/mol. The number of aryl methyl sites for hydroxylation is 1. The van der Waals surface area contributed by atoms with Crippen LogP contribution >= 0.6 is 0 Å². The number of hydrogen-bond acceptors (Lipinski definition) is 8. The summed E-state index contributed by atoms with van der Waals surface area (Å²) in [5, 5.41) is 4.09. The van der Waals surface area contributed by atoms with Crippen LogP contribution < -0.4 is 11.1 Å². The number of piperidine rings is 1. The largest absolute Gasteiger partial charge is 0.416 e. The molecule has 2 fully saturated rings. The summed E-state index contributed by atoms with van der Waals surface area (Å²) < 4.78 is 53.9. The van der Waals surface area contributed by atoms with Gasteiger partial charge in [0.1, 0.15) is 23.4 Å². The second kappa shape index (κ2) is 12.2. The number of nitrogen functional groups attached to an aromatic ring is 1. The number of hydrogen-bond donors (Lipinski definition) is 2. The highest BCUT2D eigenvalue weighted by molar-refractivity contribution is 5.89. The third-order valence-corrected chi connectivity index (χ3v) is 9.16. The van der Waals surface area contributed by atoms with Crippen molar-refractivity contribution < 1.29 is 27.4 Å². The third-order valence-electron chi connectivity index (χ3n) is 9.16. The van der Waals surface area contributed by atoms with Crippen LogP contribution in [0.2, 0.25) is 0 Å². The Labute approximate surface area is 254 Å². The Morgan fingerprint density at radius 3 is 2.61 bits per heavy atom. The number of nitrogens with zero attached hydrogens (tertiary/aromatic N) is 5. The molecule has 0 saturated carbocycles. The number of halogens is 3. The van der Waals surface area contributed by atoms with E-state index in [2.05, 4.69) is 19.8 Å². The second-order valence-electron chi connectivity index (χ2n) is 12.2. The van der Waals surface area contributed by atoms with E-state index in [4.69, 9.17) is 20.2 Å². The smallest absolute Gasteiger partial charge is 0.399 e. The minimum absolute atomic E-state index is 0.0485. The molecule has 10 nitrogen and oxygen atoms in total. The first-order valence-corrected chi connectivity index (χ1v) is 15.3. The molecule has 44 heavy (non-hydrogen) atoms. The van der Waals surface area contributed by atoms with Gasteiger partial charge in [0, 0.05) is 56.5 Å². The number of methoxy groups -OCH3 is 1. The Hall–Kier alpha value is -3.42. The summed E-state index contributed by atoms with van der Waals surface area (Å²) >= 11 is 0. The highest BCUT2D eigenvalue weighted by atomic mass is 19.4. The molecular weight excluding hydrogens is 575 g/mol. The monoisotopic (exact) mass is 615 g/mol. The third kappa shape index (κ3) is 6.09. The Kier molecular flexibility index (Phi) is 8.46. The quantitative estimate of drug-likeness (QED) is 0.359. The zero-order chi connectivity index (χ0) is 31.2. The predicted molar refractivity (Wildman–Crippen MR) is 160 cm³/mol. The van der Waals surface area contributed by atoms with Crippen molar-refractivity contribution >= 4 is 28.4 Å². The summed E-state index contributed by atoms with van der Waals surface area (Å²) in [6.45, 7) is 9.47. The number of fused-ring (bicyclic) bond motifs is 3. The number of carbonyl (C=O) groups is 1. The minimum Gasteiger partial charge on any atom is -0.399 e. The Morgan fingerprint density at radius 1 is 1.16 bits per heavy atom. The molecule has 3 aliphatic heterocycles. The zero-order valence-electron chi connectivity index (χ0n) is 25.4. The van der Waals surface area contributed by atoms with E-state index >= 15 is 0 Å². The Balaban J connectivity index is 1.17. The van der Waals surface area contributed by atoms with Gasteiger partial charge in [0.15, 0.2) is 0 Å². The number of nitrogens with two attached hydrogens (primary N) is 1. The summed E-state index contributed by atoms with van der Waals surface area (Å²) in [6.07, 6.45) is -2.94. The lowest BCUT2D eigenvalue weighted by molar-refractivity contribution is -0.150. The van der Waals surface area contributed by atoms with E-state index in [9.17, 15) is 18.0 Å². The van der Waals surface area contributed by atoms with Gasteiger partial charge >= 0.3 is 6.18 Å². The van der Waals surface area contributed by atoms with Crippen molar-refractivity contribution in [3.8, 4) is 0 Å². The van der Waals surface area contributed by atoms with Gasteiger partial charge in [0.25, 0.3) is 0 Å². The maximum Gasteiger partial charge on any atom is 0.416 e. The molecular formula is C31H40F3N7O3. The number of amides is 1. The molecule has 1 unspecified atom stereocenters. The number of carbonyl (C=O) groups excluding carboxylic acids is 1. The fourth-order valence-corrected chi connectivity index (χ4v) is 6.71. The standard InChI is InChI=1S/C31H40F3N7O3/c1-18(21-12-23(31(32,33)34)14-24(35)13-21)36-28-25-15-26-27(44-11-9-41(26)29(25)38-19(2)37-28)22-16-40(17-22)30(42)20-4-6-39(7-5-20)8-10-43-3/h12-15,18,20,22,27H,4-11,16-17,35H2,1-3H3,(H,36,37,38)/t18-,27?/m1/s1. The highest BCUT2D eigenvalue weighted by Crippen LogP contribution is 2.41. The van der Waals surface area contributed by atoms with Crippen molar-refractivity contribution in [1.29, 1.82) is 0 Å². The molecule has 1 amide bonds. The van der Waals surface area contributed by atoms with Gasteiger partial charge in [-0.25, -0.2) is 9.97 Å². The molecule has 0 spiro atoms. The number of benzene rings is 1. The van der Waals surface area contributed by atoms with Crippen molar-refractivity contribution in [3.05, 3.63) is 46.9 Å². The fraction of sp³-hybridized carbons (Fsp3) is 0.581. The molecule has 238 valence electrons. The van der Waals surface area contributed by atoms with Gasteiger partial charge < -0.3 is 34.9 Å². The average Bonchev–Trinajstić information content (AvgIpc) is 3.34. The van der Waals surface area contributed by atoms with Crippen LogP contribution in [0.5, 0.6) is 0 Å². The van der Waals surface area contributed by atoms with Crippen molar-refractivity contribution in [2.75, 3.05) is 64.1 Å². The van der Waals surface area contributed by atoms with E-state index in [1.54, 1.807) is 27.0 Å². The fourth-order valence-electron chi connectivity index (χ4n) is 6.71. The van der Waals surface area contributed by atoms with Gasteiger partial charge in [-0.15, -0.1) is 0 Å². The van der Waals surface area contributed by atoms with Crippen molar-refractivity contribution in [2.24, 2.45) is 11.8 Å². The van der Waals surface area contributed by atoms with Crippen LogP contribution in [0.4, 0.5) is 24.7 Å². The van der Waals surface area contributed by atoms with Crippen LogP contribution in [-0.4, -0.2) is 83.3 Å². The molecule has 3 aliphatic rings. The summed E-state index contributed by atoms with van der Waals surface area (Å²) in [5.74, 6) is 1.56. The Morgan fingerprint density at radius 2 is 1.91 bits per heavy atom. The van der Waals surface area contributed by atoms with Crippen LogP contribution in [0.25, 0.3) is 11.0 Å². The predicted octanol–water partition coefficient (Wildman–Crippen LogP) is 4.40. The van der Waals surface area contributed by atoms with E-state index in [-0.39, 0.29) is 29.5 Å². The van der Waals surface area contributed by atoms with E-state index in [0.717, 1.165) is 61.3 Å². The Bertz CT molecular complexity index is 1510. The summed E-state index contributed by atoms with van der Waals surface area (Å²) in [6, 6.07) is 5.12. The first-order valence-electron chi connectivity index (χ1n) is 15.3. The topological polar surface area (TPSA) is 111 Å². The molecule has 3 aromatic rings. The highest BCUT2D eigenvalue weighted by Gasteiger charge is 2.42. The number of rotatable bonds is 8. The lowest BCUT2D eigenvalue weighted by atomic mass is 9.87. The van der Waals surface area contributed by atoms with Crippen molar-refractivity contribution in [2.45, 2.75) is 51.6 Å². The molecule has 6 rings (SSSR count). The molecule has 3 N–H and O–H groups in total. The first kappa shape index (κ1) is 30.6. The minimum atomic E-state index is -4.50. The molecule has 13 heteroatoms. The number of likely N-dealkylation sites (tertiary alicyclic amines) is 2. The van der Waals surface area contributed by atoms with Gasteiger partial charge in [-0.05, 0) is 69.6 Å². The van der Waals surface area contributed by atoms with E-state index < -0.39 is 17.8 Å². The summed E-state index contributed by atoms with van der Waals surface area (Å²) in [5.41, 5.74) is 7.23. The molecule has 0 bridgehead atoms. The second-order valence-corrected chi connectivity index (χ2v) is 12.2. The van der Waals surface area contributed by atoms with E-state index in [1.807, 2.05) is 11.0 Å². The number of ether oxygens (including phenoxy) is 2. The molecule has 2 saturated heterocycles. The van der Waals surface area contributed by atoms with Crippen molar-refractivity contribution in [1.82, 2.24) is 24.3 Å². The molecule has 1 aromatic carbocycles. The molecule has 5 heterocycles. The van der Waals surface area contributed by atoms with Gasteiger partial charge in [0.05, 0.1) is 30.2 Å². The van der Waals surface area contributed by atoms with E-state index in [1.165, 1.54) is 0 Å². The summed E-state index contributed by atoms with van der Waals surface area (Å²) in [4.78, 5) is 26.9. The van der Waals surface area contributed by atoms with Crippen LogP contribution in [0.1, 0.15) is 54.6 Å². The first-order chi connectivity index (χ1) is 21.0. The maximum absolute atomic E-state index is 13.4. The zero-order valence-corrected chi connectivity index (χ0v) is 25.4. The molecule has 0 radical (unpaired) electrons. The summed E-state index contributed by atoms with van der Waals surface area (Å²) in [7, 11) is 1.71. The molecule has 2 atom stereocenters. The van der Waals surface area contributed by atoms with Crippen LogP contribution in [-0.2, 0) is 27.0 Å². The molecule has 2 aromatic heterocycles. The van der Waals surface area contributed by atoms with Crippen LogP contribution in [0.15, 0.2) is 24.3 Å². The van der Waals surface area contributed by atoms with Gasteiger partial charge in [-0.3, -0.25) is 4.79 Å². The van der Waals surface area contributed by atoms with Gasteiger partial charge in [-0.2, -0.15) is 13.2 Å². The lowest BCUT2D eigenvalue weighted by Gasteiger charge is -2.46. The normalized spacial score (nSPS) is 20.9. The number of nitrogens with one attached hydrogen (secondary N) is 1. The van der Waals surface area contributed by atoms with E-state index in [0.29, 0.717) is 50.1 Å². The van der Waals surface area contributed by atoms with Crippen LogP contribution in [0.3, 0.4) is 0 Å². The number of aromatic nitrogens is 3. The number of anilines is 2. The van der Waals surface area contributed by atoms with Gasteiger partial charge in [0.2, 0.25) is 5.91 Å².